The van der Waals surface area contributed by atoms with Gasteiger partial charge in [0.05, 0.1) is 0 Å². The van der Waals surface area contributed by atoms with Gasteiger partial charge >= 0.3 is 0 Å². The summed E-state index contributed by atoms with van der Waals surface area (Å²) >= 11 is 0. The monoisotopic (exact) mass is 469 g/mol. The van der Waals surface area contributed by atoms with Crippen molar-refractivity contribution in [2.24, 2.45) is 17.6 Å². The highest BCUT2D eigenvalue weighted by Gasteiger charge is 2.25. The lowest BCUT2D eigenvalue weighted by Gasteiger charge is -2.26. The van der Waals surface area contributed by atoms with Crippen molar-refractivity contribution >= 4 is 0 Å². The Kier molecular flexibility index (Phi) is 17.8. The van der Waals surface area contributed by atoms with Crippen molar-refractivity contribution in [2.45, 2.75) is 112 Å². The number of hydrogen-bond donors (Lipinski definition) is 2. The van der Waals surface area contributed by atoms with Gasteiger partial charge in [0.2, 0.25) is 0 Å². The summed E-state index contributed by atoms with van der Waals surface area (Å²) in [6.07, 6.45) is 8.69. The Morgan fingerprint density at radius 3 is 1.97 bits per heavy atom. The number of aryl methyl sites for hydroxylation is 2. The molecule has 2 aliphatic carbocycles. The smallest absolute Gasteiger partial charge is 0.0319 e. The molecule has 0 saturated heterocycles. The Balaban J connectivity index is 0.000000955. The number of benzene rings is 2. The Hall–Kier alpha value is -1.64. The highest BCUT2D eigenvalue weighted by atomic mass is 16.2. The van der Waals surface area contributed by atoms with Crippen LogP contribution in [0.1, 0.15) is 108 Å². The second-order valence-electron chi connectivity index (χ2n) is 9.83. The van der Waals surface area contributed by atoms with Crippen molar-refractivity contribution in [2.75, 3.05) is 7.11 Å². The SMILES string of the molecule is CC.CC.CC(C)C.CO.Cc1ccc(C[C@@H]2CCc3cc(C4CCC(N)C4)ccc3C2)cc1. The fourth-order valence-electron chi connectivity index (χ4n) is 4.66. The summed E-state index contributed by atoms with van der Waals surface area (Å²) in [5.41, 5.74) is 13.7. The van der Waals surface area contributed by atoms with E-state index in [4.69, 9.17) is 10.8 Å². The van der Waals surface area contributed by atoms with Gasteiger partial charge in [-0.3, -0.25) is 0 Å². The van der Waals surface area contributed by atoms with Crippen LogP contribution in [0.5, 0.6) is 0 Å². The maximum atomic E-state index is 7.00. The molecule has 2 aromatic carbocycles. The Morgan fingerprint density at radius 2 is 1.44 bits per heavy atom. The van der Waals surface area contributed by atoms with Crippen molar-refractivity contribution < 1.29 is 5.11 Å². The Labute approximate surface area is 212 Å². The summed E-state index contributed by atoms with van der Waals surface area (Å²) in [5.74, 6) is 2.33. The van der Waals surface area contributed by atoms with Crippen LogP contribution in [0.2, 0.25) is 0 Å². The summed E-state index contributed by atoms with van der Waals surface area (Å²) in [5, 5.41) is 7.00. The highest BCUT2D eigenvalue weighted by Crippen LogP contribution is 2.36. The molecule has 0 bridgehead atoms. The summed E-state index contributed by atoms with van der Waals surface area (Å²) in [6.45, 7) is 16.7. The molecule has 34 heavy (non-hydrogen) atoms. The lowest BCUT2D eigenvalue weighted by atomic mass is 9.79. The summed E-state index contributed by atoms with van der Waals surface area (Å²) in [4.78, 5) is 0. The molecule has 2 unspecified atom stereocenters. The van der Waals surface area contributed by atoms with Crippen LogP contribution in [-0.4, -0.2) is 18.3 Å². The molecular formula is C32H55NO. The van der Waals surface area contributed by atoms with Crippen LogP contribution in [0.4, 0.5) is 0 Å². The average Bonchev–Trinajstić information content (AvgIpc) is 3.30. The molecule has 1 saturated carbocycles. The molecule has 2 aromatic rings. The third-order valence-corrected chi connectivity index (χ3v) is 6.15. The van der Waals surface area contributed by atoms with Crippen molar-refractivity contribution in [1.29, 1.82) is 0 Å². The number of fused-ring (bicyclic) bond motifs is 1. The molecule has 2 nitrogen and oxygen atoms in total. The first-order chi connectivity index (χ1) is 16.4. The predicted octanol–water partition coefficient (Wildman–Crippen LogP) is 8.26. The van der Waals surface area contributed by atoms with Crippen LogP contribution in [0, 0.1) is 18.8 Å². The predicted molar refractivity (Wildman–Crippen MR) is 153 cm³/mol. The van der Waals surface area contributed by atoms with Gasteiger partial charge in [-0.2, -0.15) is 0 Å². The number of aliphatic hydroxyl groups excluding tert-OH is 1. The minimum atomic E-state index is 0.421. The third kappa shape index (κ3) is 11.7. The van der Waals surface area contributed by atoms with Gasteiger partial charge in [0.15, 0.2) is 0 Å². The van der Waals surface area contributed by atoms with Gasteiger partial charge in [-0.05, 0) is 91.9 Å². The molecule has 0 spiro atoms. The minimum Gasteiger partial charge on any atom is -0.400 e. The summed E-state index contributed by atoms with van der Waals surface area (Å²) in [7, 11) is 1.00. The Morgan fingerprint density at radius 1 is 0.853 bits per heavy atom. The van der Waals surface area contributed by atoms with E-state index in [9.17, 15) is 0 Å². The first-order valence-corrected chi connectivity index (χ1v) is 13.8. The van der Waals surface area contributed by atoms with E-state index in [-0.39, 0.29) is 0 Å². The van der Waals surface area contributed by atoms with Crippen LogP contribution in [0.3, 0.4) is 0 Å². The summed E-state index contributed by atoms with van der Waals surface area (Å²) < 4.78 is 0. The molecule has 0 amide bonds. The van der Waals surface area contributed by atoms with E-state index in [2.05, 4.69) is 70.2 Å². The van der Waals surface area contributed by atoms with Crippen LogP contribution in [0.25, 0.3) is 0 Å². The van der Waals surface area contributed by atoms with Crippen LogP contribution in [-0.2, 0) is 19.3 Å². The van der Waals surface area contributed by atoms with Gasteiger partial charge in [-0.25, -0.2) is 0 Å². The fourth-order valence-corrected chi connectivity index (χ4v) is 4.66. The maximum Gasteiger partial charge on any atom is 0.0319 e. The van der Waals surface area contributed by atoms with Crippen molar-refractivity contribution in [3.05, 3.63) is 70.3 Å². The highest BCUT2D eigenvalue weighted by molar-refractivity contribution is 5.36. The zero-order valence-corrected chi connectivity index (χ0v) is 23.8. The zero-order valence-electron chi connectivity index (χ0n) is 23.8. The third-order valence-electron chi connectivity index (χ3n) is 6.15. The van der Waals surface area contributed by atoms with E-state index in [0.29, 0.717) is 12.0 Å². The van der Waals surface area contributed by atoms with Gasteiger partial charge in [0, 0.05) is 13.2 Å². The van der Waals surface area contributed by atoms with Crippen LogP contribution in [0.15, 0.2) is 42.5 Å². The molecule has 3 atom stereocenters. The number of rotatable bonds is 3. The molecular weight excluding hydrogens is 414 g/mol. The second-order valence-corrected chi connectivity index (χ2v) is 9.83. The molecule has 194 valence electrons. The molecule has 2 aliphatic rings. The first-order valence-electron chi connectivity index (χ1n) is 13.8. The summed E-state index contributed by atoms with van der Waals surface area (Å²) in [6, 6.07) is 16.8. The molecule has 0 radical (unpaired) electrons. The minimum absolute atomic E-state index is 0.421. The van der Waals surface area contributed by atoms with E-state index in [1.807, 2.05) is 27.7 Å². The fraction of sp³-hybridized carbons (Fsp3) is 0.625. The average molecular weight is 470 g/mol. The second kappa shape index (κ2) is 18.7. The number of nitrogens with two attached hydrogens (primary N) is 1. The van der Waals surface area contributed by atoms with Crippen LogP contribution < -0.4 is 5.73 Å². The van der Waals surface area contributed by atoms with E-state index in [1.54, 1.807) is 16.7 Å². The Bertz CT molecular complexity index is 747. The topological polar surface area (TPSA) is 46.2 Å². The van der Waals surface area contributed by atoms with Gasteiger partial charge in [-0.15, -0.1) is 0 Å². The van der Waals surface area contributed by atoms with Gasteiger partial charge in [0.25, 0.3) is 0 Å². The maximum absolute atomic E-state index is 7.00. The van der Waals surface area contributed by atoms with Gasteiger partial charge in [-0.1, -0.05) is 96.5 Å². The lowest BCUT2D eigenvalue weighted by molar-refractivity contribution is 0.399. The zero-order chi connectivity index (χ0) is 26.1. The van der Waals surface area contributed by atoms with E-state index >= 15 is 0 Å². The molecule has 0 heterocycles. The van der Waals surface area contributed by atoms with Crippen molar-refractivity contribution in [3.63, 3.8) is 0 Å². The number of hydrogen-bond acceptors (Lipinski definition) is 2. The van der Waals surface area contributed by atoms with E-state index < -0.39 is 0 Å². The molecule has 3 N–H and O–H groups in total. The van der Waals surface area contributed by atoms with Crippen molar-refractivity contribution in [3.8, 4) is 0 Å². The quantitative estimate of drug-likeness (QED) is 0.475. The lowest BCUT2D eigenvalue weighted by Crippen LogP contribution is -2.17. The van der Waals surface area contributed by atoms with Gasteiger partial charge < -0.3 is 10.8 Å². The molecule has 0 aromatic heterocycles. The largest absolute Gasteiger partial charge is 0.400 e. The van der Waals surface area contributed by atoms with Crippen molar-refractivity contribution in [1.82, 2.24) is 0 Å². The molecule has 0 aliphatic heterocycles. The molecule has 4 rings (SSSR count). The molecule has 2 heteroatoms. The van der Waals surface area contributed by atoms with E-state index in [0.717, 1.165) is 18.9 Å². The molecule has 1 fully saturated rings. The normalized spacial score (nSPS) is 20.2. The number of aliphatic hydroxyl groups is 1. The van der Waals surface area contributed by atoms with E-state index in [1.165, 1.54) is 56.1 Å². The first kappa shape index (κ1) is 32.4. The van der Waals surface area contributed by atoms with Crippen LogP contribution >= 0.6 is 0 Å². The standard InChI is InChI=1S/C23H29N.C4H10.2C2H6.CH4O/c1-16-2-4-17(5-3-16)12-18-6-7-20-14-21(9-8-19(20)13-18)22-10-11-23(24)15-22;1-4(2)3;3*1-2/h2-5,8-9,14,18,22-23H,6-7,10-13,15,24H2,1H3;4H,1-3H3;2*1-2H3;2H,1H3/t18-,22?,23?;;;;/m0..../s1. The van der Waals surface area contributed by atoms with Gasteiger partial charge in [0.1, 0.15) is 0 Å².